The van der Waals surface area contributed by atoms with Crippen molar-refractivity contribution in [3.63, 3.8) is 0 Å². The summed E-state index contributed by atoms with van der Waals surface area (Å²) in [6.45, 7) is 11.6. The van der Waals surface area contributed by atoms with Crippen molar-refractivity contribution in [1.82, 2.24) is 5.32 Å². The standard InChI is InChI=1S/C12H19N/c1-9(2)5-6-12-7-8-13-11(4)10(12)3/h5-6,11,13H,3,7-8H2,1-2,4H3/b12-6-. The van der Waals surface area contributed by atoms with Gasteiger partial charge in [-0.05, 0) is 44.9 Å². The molecule has 0 aromatic rings. The summed E-state index contributed by atoms with van der Waals surface area (Å²) in [5.41, 5.74) is 3.97. The van der Waals surface area contributed by atoms with Crippen molar-refractivity contribution < 1.29 is 0 Å². The van der Waals surface area contributed by atoms with Gasteiger partial charge in [0.05, 0.1) is 0 Å². The maximum absolute atomic E-state index is 4.09. The van der Waals surface area contributed by atoms with Crippen molar-refractivity contribution in [1.29, 1.82) is 0 Å². The zero-order valence-corrected chi connectivity index (χ0v) is 8.85. The van der Waals surface area contributed by atoms with Crippen LogP contribution in [0.1, 0.15) is 27.2 Å². The summed E-state index contributed by atoms with van der Waals surface area (Å²) >= 11 is 0. The quantitative estimate of drug-likeness (QED) is 0.649. The Kier molecular flexibility index (Phi) is 3.49. The third kappa shape index (κ3) is 2.85. The molecule has 0 amide bonds. The molecule has 0 radical (unpaired) electrons. The molecular weight excluding hydrogens is 158 g/mol. The molecular formula is C12H19N. The molecule has 1 heteroatoms. The summed E-state index contributed by atoms with van der Waals surface area (Å²) in [6.07, 6.45) is 5.47. The molecule has 1 atom stereocenters. The molecule has 1 saturated heterocycles. The zero-order valence-electron chi connectivity index (χ0n) is 8.85. The van der Waals surface area contributed by atoms with Gasteiger partial charge >= 0.3 is 0 Å². The van der Waals surface area contributed by atoms with Gasteiger partial charge in [0.15, 0.2) is 0 Å². The van der Waals surface area contributed by atoms with Crippen LogP contribution in [0.5, 0.6) is 0 Å². The van der Waals surface area contributed by atoms with Gasteiger partial charge in [-0.25, -0.2) is 0 Å². The molecule has 0 aromatic carbocycles. The van der Waals surface area contributed by atoms with Gasteiger partial charge < -0.3 is 5.32 Å². The second kappa shape index (κ2) is 4.43. The van der Waals surface area contributed by atoms with Crippen LogP contribution in [0.4, 0.5) is 0 Å². The number of piperidine rings is 1. The fourth-order valence-electron chi connectivity index (χ4n) is 1.44. The Labute approximate surface area is 81.2 Å². The average Bonchev–Trinajstić information content (AvgIpc) is 2.07. The molecule has 1 N–H and O–H groups in total. The first-order chi connectivity index (χ1) is 6.11. The van der Waals surface area contributed by atoms with Crippen molar-refractivity contribution in [2.45, 2.75) is 33.2 Å². The molecule has 0 saturated carbocycles. The summed E-state index contributed by atoms with van der Waals surface area (Å²) in [5.74, 6) is 0. The van der Waals surface area contributed by atoms with E-state index in [-0.39, 0.29) is 0 Å². The zero-order chi connectivity index (χ0) is 9.84. The minimum atomic E-state index is 0.436. The average molecular weight is 177 g/mol. The second-order valence-corrected chi connectivity index (χ2v) is 3.89. The number of allylic oxidation sites excluding steroid dienone is 3. The third-order valence-electron chi connectivity index (χ3n) is 2.40. The van der Waals surface area contributed by atoms with Crippen molar-refractivity contribution in [3.8, 4) is 0 Å². The Hall–Kier alpha value is -0.820. The van der Waals surface area contributed by atoms with Gasteiger partial charge in [0.2, 0.25) is 0 Å². The van der Waals surface area contributed by atoms with E-state index in [0.29, 0.717) is 6.04 Å². The van der Waals surface area contributed by atoms with E-state index in [1.165, 1.54) is 16.7 Å². The van der Waals surface area contributed by atoms with Crippen LogP contribution >= 0.6 is 0 Å². The van der Waals surface area contributed by atoms with Crippen LogP contribution in [0, 0.1) is 0 Å². The van der Waals surface area contributed by atoms with E-state index in [1.54, 1.807) is 0 Å². The fourth-order valence-corrected chi connectivity index (χ4v) is 1.44. The van der Waals surface area contributed by atoms with Crippen molar-refractivity contribution in [2.75, 3.05) is 6.54 Å². The highest BCUT2D eigenvalue weighted by atomic mass is 14.9. The fraction of sp³-hybridized carbons (Fsp3) is 0.500. The SMILES string of the molecule is C=C1/C(=C\C=C(C)C)CCNC1C. The highest BCUT2D eigenvalue weighted by Gasteiger charge is 2.14. The van der Waals surface area contributed by atoms with Gasteiger partial charge in [-0.2, -0.15) is 0 Å². The first-order valence-electron chi connectivity index (χ1n) is 4.88. The maximum Gasteiger partial charge on any atom is 0.0288 e. The first-order valence-corrected chi connectivity index (χ1v) is 4.88. The minimum Gasteiger partial charge on any atom is -0.310 e. The van der Waals surface area contributed by atoms with E-state index in [4.69, 9.17) is 0 Å². The summed E-state index contributed by atoms with van der Waals surface area (Å²) in [7, 11) is 0. The molecule has 1 aliphatic rings. The Morgan fingerprint density at radius 3 is 2.85 bits per heavy atom. The summed E-state index contributed by atoms with van der Waals surface area (Å²) in [6, 6.07) is 0.436. The van der Waals surface area contributed by atoms with E-state index in [1.807, 2.05) is 0 Å². The molecule has 13 heavy (non-hydrogen) atoms. The normalized spacial score (nSPS) is 26.2. The summed E-state index contributed by atoms with van der Waals surface area (Å²) in [5, 5.41) is 3.39. The number of rotatable bonds is 1. The second-order valence-electron chi connectivity index (χ2n) is 3.89. The predicted molar refractivity (Wildman–Crippen MR) is 58.7 cm³/mol. The monoisotopic (exact) mass is 177 g/mol. The van der Waals surface area contributed by atoms with Crippen LogP contribution in [0.25, 0.3) is 0 Å². The smallest absolute Gasteiger partial charge is 0.0288 e. The molecule has 72 valence electrons. The predicted octanol–water partition coefficient (Wildman–Crippen LogP) is 2.82. The van der Waals surface area contributed by atoms with Crippen LogP contribution in [0.15, 0.2) is 35.5 Å². The molecule has 0 spiro atoms. The molecule has 1 nitrogen and oxygen atoms in total. The molecule has 1 unspecified atom stereocenters. The van der Waals surface area contributed by atoms with Crippen LogP contribution in [0.2, 0.25) is 0 Å². The van der Waals surface area contributed by atoms with Crippen molar-refractivity contribution in [2.24, 2.45) is 0 Å². The largest absolute Gasteiger partial charge is 0.310 e. The van der Waals surface area contributed by atoms with Crippen molar-refractivity contribution in [3.05, 3.63) is 35.5 Å². The van der Waals surface area contributed by atoms with Crippen LogP contribution in [-0.4, -0.2) is 12.6 Å². The minimum absolute atomic E-state index is 0.436. The Morgan fingerprint density at radius 1 is 1.54 bits per heavy atom. The molecule has 1 rings (SSSR count). The lowest BCUT2D eigenvalue weighted by Crippen LogP contribution is -2.34. The molecule has 1 fully saturated rings. The van der Waals surface area contributed by atoms with Gasteiger partial charge in [-0.3, -0.25) is 0 Å². The summed E-state index contributed by atoms with van der Waals surface area (Å²) in [4.78, 5) is 0. The topological polar surface area (TPSA) is 12.0 Å². The van der Waals surface area contributed by atoms with E-state index in [9.17, 15) is 0 Å². The van der Waals surface area contributed by atoms with E-state index in [0.717, 1.165) is 13.0 Å². The van der Waals surface area contributed by atoms with E-state index < -0.39 is 0 Å². The highest BCUT2D eigenvalue weighted by Crippen LogP contribution is 2.20. The van der Waals surface area contributed by atoms with Crippen LogP contribution in [0.3, 0.4) is 0 Å². The number of hydrogen-bond donors (Lipinski definition) is 1. The van der Waals surface area contributed by atoms with Gasteiger partial charge in [0.25, 0.3) is 0 Å². The van der Waals surface area contributed by atoms with E-state index in [2.05, 4.69) is 44.8 Å². The Balaban J connectivity index is 2.74. The highest BCUT2D eigenvalue weighted by molar-refractivity contribution is 5.37. The molecule has 0 aromatic heterocycles. The molecule has 0 aliphatic carbocycles. The van der Waals surface area contributed by atoms with Gasteiger partial charge in [0, 0.05) is 6.04 Å². The lowest BCUT2D eigenvalue weighted by atomic mass is 9.94. The Bertz CT molecular complexity index is 254. The molecule has 1 heterocycles. The summed E-state index contributed by atoms with van der Waals surface area (Å²) < 4.78 is 0. The number of hydrogen-bond acceptors (Lipinski definition) is 1. The third-order valence-corrected chi connectivity index (χ3v) is 2.40. The van der Waals surface area contributed by atoms with Gasteiger partial charge in [-0.15, -0.1) is 0 Å². The lowest BCUT2D eigenvalue weighted by Gasteiger charge is -2.25. The Morgan fingerprint density at radius 2 is 2.23 bits per heavy atom. The molecule has 0 bridgehead atoms. The first kappa shape index (κ1) is 10.3. The van der Waals surface area contributed by atoms with Crippen molar-refractivity contribution >= 4 is 0 Å². The van der Waals surface area contributed by atoms with E-state index >= 15 is 0 Å². The molecule has 1 aliphatic heterocycles. The number of nitrogens with one attached hydrogen (secondary N) is 1. The van der Waals surface area contributed by atoms with Gasteiger partial charge in [0.1, 0.15) is 0 Å². The van der Waals surface area contributed by atoms with Crippen LogP contribution < -0.4 is 5.32 Å². The lowest BCUT2D eigenvalue weighted by molar-refractivity contribution is 0.573. The van der Waals surface area contributed by atoms with Gasteiger partial charge in [-0.1, -0.05) is 24.3 Å². The maximum atomic E-state index is 4.09. The van der Waals surface area contributed by atoms with Crippen LogP contribution in [-0.2, 0) is 0 Å².